The molecular weight excluding hydrogens is 488 g/mol. The Morgan fingerprint density at radius 1 is 0.974 bits per heavy atom. The molecule has 192 valence electrons. The first-order valence-corrected chi connectivity index (χ1v) is 13.9. The van der Waals surface area contributed by atoms with Crippen molar-refractivity contribution in [1.82, 2.24) is 14.9 Å². The fourth-order valence-electron chi connectivity index (χ4n) is 4.69. The summed E-state index contributed by atoms with van der Waals surface area (Å²) in [4.78, 5) is 24.6. The Hall–Kier alpha value is -3.87. The molecule has 0 radical (unpaired) electrons. The van der Waals surface area contributed by atoms with Crippen LogP contribution < -0.4 is 5.32 Å². The fourth-order valence-corrected chi connectivity index (χ4v) is 5.34. The Balaban J connectivity index is 1.37. The third-order valence-electron chi connectivity index (χ3n) is 6.95. The highest BCUT2D eigenvalue weighted by Gasteiger charge is 2.16. The van der Waals surface area contributed by atoms with E-state index in [0.717, 1.165) is 64.3 Å². The largest absolute Gasteiger partial charge is 0.322 e. The van der Waals surface area contributed by atoms with Crippen LogP contribution in [0, 0.1) is 0 Å². The van der Waals surface area contributed by atoms with Gasteiger partial charge in [0.15, 0.2) is 0 Å². The third-order valence-corrected chi connectivity index (χ3v) is 7.76. The number of carbonyl (C=O) groups excluding carboxylic acids is 1. The quantitative estimate of drug-likeness (QED) is 0.206. The van der Waals surface area contributed by atoms with Crippen LogP contribution in [0.5, 0.6) is 0 Å². The molecule has 0 spiro atoms. The van der Waals surface area contributed by atoms with E-state index in [0.29, 0.717) is 11.5 Å². The van der Waals surface area contributed by atoms with Crippen molar-refractivity contribution in [3.63, 3.8) is 0 Å². The molecule has 2 heterocycles. The normalized spacial score (nSPS) is 12.1. The summed E-state index contributed by atoms with van der Waals surface area (Å²) in [6.07, 6.45) is 2.88. The molecule has 0 aliphatic carbocycles. The van der Waals surface area contributed by atoms with Gasteiger partial charge >= 0.3 is 0 Å². The van der Waals surface area contributed by atoms with Gasteiger partial charge in [-0.25, -0.2) is 4.98 Å². The van der Waals surface area contributed by atoms with Crippen molar-refractivity contribution in [3.05, 3.63) is 113 Å². The van der Waals surface area contributed by atoms with E-state index in [4.69, 9.17) is 0 Å². The summed E-state index contributed by atoms with van der Waals surface area (Å²) in [5.41, 5.74) is 8.70. The second-order valence-electron chi connectivity index (χ2n) is 9.54. The van der Waals surface area contributed by atoms with E-state index in [9.17, 15) is 4.79 Å². The minimum absolute atomic E-state index is 0.118. The molecular formula is C32H32N4OS. The monoisotopic (exact) mass is 520 g/mol. The second kappa shape index (κ2) is 12.1. The topological polar surface area (TPSA) is 58.1 Å². The second-order valence-corrected chi connectivity index (χ2v) is 10.4. The molecule has 1 N–H and O–H groups in total. The van der Waals surface area contributed by atoms with Crippen LogP contribution in [-0.4, -0.2) is 33.9 Å². The van der Waals surface area contributed by atoms with Crippen molar-refractivity contribution in [2.45, 2.75) is 32.7 Å². The van der Waals surface area contributed by atoms with Gasteiger partial charge in [-0.15, -0.1) is 11.3 Å². The molecule has 3 aromatic carbocycles. The highest BCUT2D eigenvalue weighted by molar-refractivity contribution is 7.16. The molecule has 1 amide bonds. The first-order valence-electron chi connectivity index (χ1n) is 13.1. The van der Waals surface area contributed by atoms with Crippen LogP contribution in [-0.2, 0) is 6.54 Å². The van der Waals surface area contributed by atoms with Crippen LogP contribution in [0.4, 0.5) is 5.69 Å². The number of benzene rings is 3. The van der Waals surface area contributed by atoms with Crippen LogP contribution in [0.2, 0.25) is 0 Å². The molecule has 0 fully saturated rings. The summed E-state index contributed by atoms with van der Waals surface area (Å²) in [7, 11) is 0. The molecule has 0 aliphatic rings. The van der Waals surface area contributed by atoms with E-state index < -0.39 is 0 Å². The minimum atomic E-state index is -0.118. The average molecular weight is 521 g/mol. The highest BCUT2D eigenvalue weighted by atomic mass is 32.1. The molecule has 38 heavy (non-hydrogen) atoms. The Labute approximate surface area is 228 Å². The maximum atomic E-state index is 13.3. The molecule has 1 unspecified atom stereocenters. The average Bonchev–Trinajstić information content (AvgIpc) is 3.44. The number of nitrogens with one attached hydrogen (secondary N) is 1. The van der Waals surface area contributed by atoms with Gasteiger partial charge in [0, 0.05) is 29.7 Å². The van der Waals surface area contributed by atoms with Gasteiger partial charge in [-0.3, -0.25) is 14.7 Å². The molecule has 0 aliphatic heterocycles. The number of nitrogens with zero attached hydrogens (tertiary/aromatic N) is 3. The number of hydrogen-bond acceptors (Lipinski definition) is 5. The standard InChI is InChI=1S/C32H32N4OS/c1-3-36(18-16-23(2)29-11-7-8-17-33-29)21-26-19-25(12-14-28(26)24-9-5-4-6-10-24)32(37)35-27-13-15-31-30(20-27)34-22-38-31/h4-15,17,19-20,22-23H,3,16,18,21H2,1-2H3,(H,35,37). The number of anilines is 1. The van der Waals surface area contributed by atoms with Gasteiger partial charge < -0.3 is 5.32 Å². The predicted octanol–water partition coefficient (Wildman–Crippen LogP) is 7.63. The lowest BCUT2D eigenvalue weighted by molar-refractivity contribution is 0.102. The Morgan fingerprint density at radius 3 is 2.61 bits per heavy atom. The summed E-state index contributed by atoms with van der Waals surface area (Å²) in [6, 6.07) is 28.4. The maximum absolute atomic E-state index is 13.3. The molecule has 0 saturated heterocycles. The van der Waals surface area contributed by atoms with Crippen molar-refractivity contribution in [2.75, 3.05) is 18.4 Å². The minimum Gasteiger partial charge on any atom is -0.322 e. The summed E-state index contributed by atoms with van der Waals surface area (Å²) >= 11 is 1.59. The molecule has 5 aromatic rings. The van der Waals surface area contributed by atoms with Gasteiger partial charge in [-0.2, -0.15) is 0 Å². The van der Waals surface area contributed by atoms with Gasteiger partial charge in [0.2, 0.25) is 0 Å². The maximum Gasteiger partial charge on any atom is 0.255 e. The van der Waals surface area contributed by atoms with Crippen molar-refractivity contribution in [3.8, 4) is 11.1 Å². The van der Waals surface area contributed by atoms with Crippen LogP contribution in [0.25, 0.3) is 21.3 Å². The van der Waals surface area contributed by atoms with E-state index in [1.807, 2.05) is 60.2 Å². The Bertz CT molecular complexity index is 1500. The molecule has 5 nitrogen and oxygen atoms in total. The van der Waals surface area contributed by atoms with Crippen LogP contribution in [0.15, 0.2) is 96.6 Å². The molecule has 5 rings (SSSR count). The van der Waals surface area contributed by atoms with Crippen molar-refractivity contribution < 1.29 is 4.79 Å². The lowest BCUT2D eigenvalue weighted by Gasteiger charge is -2.24. The number of amides is 1. The number of aromatic nitrogens is 2. The van der Waals surface area contributed by atoms with Crippen molar-refractivity contribution in [1.29, 1.82) is 0 Å². The zero-order valence-electron chi connectivity index (χ0n) is 21.8. The Morgan fingerprint density at radius 2 is 1.82 bits per heavy atom. The van der Waals surface area contributed by atoms with Gasteiger partial charge in [0.1, 0.15) is 0 Å². The fraction of sp³-hybridized carbons (Fsp3) is 0.219. The number of rotatable bonds is 10. The number of carbonyl (C=O) groups is 1. The zero-order chi connectivity index (χ0) is 26.3. The predicted molar refractivity (Wildman–Crippen MR) is 158 cm³/mol. The molecule has 2 aromatic heterocycles. The molecule has 6 heteroatoms. The van der Waals surface area contributed by atoms with Crippen molar-refractivity contribution in [2.24, 2.45) is 0 Å². The van der Waals surface area contributed by atoms with Gasteiger partial charge in [0.25, 0.3) is 5.91 Å². The molecule has 0 saturated carbocycles. The van der Waals surface area contributed by atoms with Crippen LogP contribution in [0.3, 0.4) is 0 Å². The van der Waals surface area contributed by atoms with Gasteiger partial charge in [-0.05, 0) is 84.6 Å². The summed E-state index contributed by atoms with van der Waals surface area (Å²) in [5, 5.41) is 3.06. The number of fused-ring (bicyclic) bond motifs is 1. The number of hydrogen-bond donors (Lipinski definition) is 1. The van der Waals surface area contributed by atoms with Crippen LogP contribution >= 0.6 is 11.3 Å². The third kappa shape index (κ3) is 6.15. The molecule has 1 atom stereocenters. The van der Waals surface area contributed by atoms with E-state index in [1.54, 1.807) is 11.3 Å². The lowest BCUT2D eigenvalue weighted by atomic mass is 9.96. The summed E-state index contributed by atoms with van der Waals surface area (Å²) < 4.78 is 1.11. The number of pyridine rings is 1. The zero-order valence-corrected chi connectivity index (χ0v) is 22.6. The summed E-state index contributed by atoms with van der Waals surface area (Å²) in [6.45, 7) is 7.07. The first-order chi connectivity index (χ1) is 18.6. The number of thiazole rings is 1. The van der Waals surface area contributed by atoms with E-state index in [-0.39, 0.29) is 5.91 Å². The van der Waals surface area contributed by atoms with E-state index in [1.165, 1.54) is 0 Å². The summed E-state index contributed by atoms with van der Waals surface area (Å²) in [5.74, 6) is 0.262. The molecule has 0 bridgehead atoms. The van der Waals surface area contributed by atoms with Crippen LogP contribution in [0.1, 0.15) is 47.8 Å². The van der Waals surface area contributed by atoms with Gasteiger partial charge in [0.05, 0.1) is 15.7 Å². The van der Waals surface area contributed by atoms with Crippen molar-refractivity contribution >= 4 is 33.1 Å². The van der Waals surface area contributed by atoms with E-state index >= 15 is 0 Å². The smallest absolute Gasteiger partial charge is 0.255 e. The van der Waals surface area contributed by atoms with Gasteiger partial charge in [-0.1, -0.05) is 56.3 Å². The van der Waals surface area contributed by atoms with E-state index in [2.05, 4.69) is 70.4 Å². The highest BCUT2D eigenvalue weighted by Crippen LogP contribution is 2.28. The lowest BCUT2D eigenvalue weighted by Crippen LogP contribution is -2.25. The SMILES string of the molecule is CCN(CCC(C)c1ccccn1)Cc1cc(C(=O)Nc2ccc3scnc3c2)ccc1-c1ccccc1. The first kappa shape index (κ1) is 25.8. The Kier molecular flexibility index (Phi) is 8.22.